The molecule has 0 aliphatic carbocycles. The number of esters is 1. The monoisotopic (exact) mass is 312 g/mol. The molecule has 0 saturated heterocycles. The van der Waals surface area contributed by atoms with Crippen LogP contribution in [0.3, 0.4) is 0 Å². The van der Waals surface area contributed by atoms with Gasteiger partial charge in [0.1, 0.15) is 0 Å². The number of carbonyl (C=O) groups excluding carboxylic acids is 1. The molecule has 0 fully saturated rings. The van der Waals surface area contributed by atoms with Crippen LogP contribution in [0.25, 0.3) is 0 Å². The molecule has 0 aliphatic heterocycles. The van der Waals surface area contributed by atoms with E-state index in [-0.39, 0.29) is 11.5 Å². The van der Waals surface area contributed by atoms with E-state index in [0.717, 1.165) is 0 Å². The first-order chi connectivity index (χ1) is 10.6. The Morgan fingerprint density at radius 3 is 2.09 bits per heavy atom. The second-order valence-corrected chi connectivity index (χ2v) is 10.8. The molecule has 22 heavy (non-hydrogen) atoms. The minimum atomic E-state index is -1.84. The van der Waals surface area contributed by atoms with Crippen LogP contribution in [0.4, 0.5) is 0 Å². The highest BCUT2D eigenvalue weighted by molar-refractivity contribution is 6.91. The zero-order valence-electron chi connectivity index (χ0n) is 13.6. The summed E-state index contributed by atoms with van der Waals surface area (Å²) in [6, 6.07) is 20.9. The normalized spacial score (nSPS) is 12.7. The van der Waals surface area contributed by atoms with E-state index in [1.807, 2.05) is 31.2 Å². The summed E-state index contributed by atoms with van der Waals surface area (Å²) in [5, 5.41) is 1.37. The Kier molecular flexibility index (Phi) is 5.55. The topological polar surface area (TPSA) is 26.3 Å². The lowest BCUT2D eigenvalue weighted by Crippen LogP contribution is -2.48. The molecule has 2 rings (SSSR count). The summed E-state index contributed by atoms with van der Waals surface area (Å²) in [5.41, 5.74) is 1.45. The maximum Gasteiger partial charge on any atom is 0.306 e. The van der Waals surface area contributed by atoms with Gasteiger partial charge in [0.15, 0.2) is 0 Å². The number of ether oxygens (including phenoxy) is 1. The summed E-state index contributed by atoms with van der Waals surface area (Å²) in [5.74, 6) is -0.104. The number of hydrogen-bond acceptors (Lipinski definition) is 2. The Hall–Kier alpha value is -1.87. The molecule has 2 aromatic carbocycles. The molecule has 0 aromatic heterocycles. The van der Waals surface area contributed by atoms with Crippen LogP contribution in [0.2, 0.25) is 13.1 Å². The molecular weight excluding hydrogens is 288 g/mol. The van der Waals surface area contributed by atoms with Crippen LogP contribution in [0.1, 0.15) is 24.4 Å². The van der Waals surface area contributed by atoms with Crippen LogP contribution in [0.5, 0.6) is 0 Å². The van der Waals surface area contributed by atoms with Crippen molar-refractivity contribution in [3.8, 4) is 0 Å². The maximum absolute atomic E-state index is 12.1. The summed E-state index contributed by atoms with van der Waals surface area (Å²) in [6.07, 6.45) is 0.450. The molecule has 0 spiro atoms. The molecule has 2 aromatic rings. The molecule has 3 heteroatoms. The molecule has 0 unspecified atom stereocenters. The van der Waals surface area contributed by atoms with Gasteiger partial charge in [-0.25, -0.2) is 0 Å². The lowest BCUT2D eigenvalue weighted by molar-refractivity contribution is -0.143. The molecule has 0 radical (unpaired) electrons. The van der Waals surface area contributed by atoms with Crippen molar-refractivity contribution in [1.82, 2.24) is 0 Å². The highest BCUT2D eigenvalue weighted by atomic mass is 28.3. The molecule has 0 heterocycles. The average Bonchev–Trinajstić information content (AvgIpc) is 2.54. The summed E-state index contributed by atoms with van der Waals surface area (Å²) >= 11 is 0. The molecule has 0 saturated carbocycles. The van der Waals surface area contributed by atoms with Gasteiger partial charge in [-0.3, -0.25) is 4.79 Å². The maximum atomic E-state index is 12.1. The van der Waals surface area contributed by atoms with Crippen molar-refractivity contribution in [2.45, 2.75) is 32.0 Å². The fraction of sp³-hybridized carbons (Fsp3) is 0.316. The lowest BCUT2D eigenvalue weighted by atomic mass is 10.1. The standard InChI is InChI=1S/C19H24O2Si/c1-4-21-19(20)15-18(16-11-7-5-8-12-16)22(2,3)17-13-9-6-10-14-17/h5-14,18H,4,15H2,1-3H3/t18-/m1/s1. The van der Waals surface area contributed by atoms with Crippen molar-refractivity contribution in [1.29, 1.82) is 0 Å². The van der Waals surface area contributed by atoms with Gasteiger partial charge in [-0.1, -0.05) is 78.9 Å². The second-order valence-electron chi connectivity index (χ2n) is 6.06. The van der Waals surface area contributed by atoms with Crippen LogP contribution < -0.4 is 5.19 Å². The quantitative estimate of drug-likeness (QED) is 0.598. The third kappa shape index (κ3) is 3.86. The predicted octanol–water partition coefficient (Wildman–Crippen LogP) is 3.88. The first kappa shape index (κ1) is 16.5. The fourth-order valence-corrected chi connectivity index (χ4v) is 6.09. The van der Waals surface area contributed by atoms with E-state index in [1.54, 1.807) is 0 Å². The van der Waals surface area contributed by atoms with Gasteiger partial charge < -0.3 is 4.74 Å². The summed E-state index contributed by atoms with van der Waals surface area (Å²) in [6.45, 7) is 6.96. The lowest BCUT2D eigenvalue weighted by Gasteiger charge is -2.33. The van der Waals surface area contributed by atoms with Crippen molar-refractivity contribution < 1.29 is 9.53 Å². The Morgan fingerprint density at radius 1 is 1.00 bits per heavy atom. The van der Waals surface area contributed by atoms with E-state index in [4.69, 9.17) is 4.74 Å². The van der Waals surface area contributed by atoms with Crippen LogP contribution in [0.15, 0.2) is 60.7 Å². The Bertz CT molecular complexity index is 593. The molecule has 2 nitrogen and oxygen atoms in total. The van der Waals surface area contributed by atoms with Gasteiger partial charge in [-0.15, -0.1) is 0 Å². The van der Waals surface area contributed by atoms with E-state index < -0.39 is 8.07 Å². The highest BCUT2D eigenvalue weighted by Crippen LogP contribution is 2.30. The van der Waals surface area contributed by atoms with Crippen molar-refractivity contribution in [3.63, 3.8) is 0 Å². The first-order valence-electron chi connectivity index (χ1n) is 7.81. The fourth-order valence-electron chi connectivity index (χ4n) is 2.93. The molecule has 0 N–H and O–H groups in total. The zero-order valence-corrected chi connectivity index (χ0v) is 14.6. The summed E-state index contributed by atoms with van der Waals surface area (Å²) < 4.78 is 5.21. The van der Waals surface area contributed by atoms with Crippen LogP contribution in [-0.4, -0.2) is 20.7 Å². The van der Waals surface area contributed by atoms with Gasteiger partial charge in [0.2, 0.25) is 0 Å². The largest absolute Gasteiger partial charge is 0.466 e. The number of rotatable bonds is 6. The Morgan fingerprint density at radius 2 is 1.55 bits per heavy atom. The SMILES string of the molecule is CCOC(=O)C[C@H](c1ccccc1)[Si](C)(C)c1ccccc1. The van der Waals surface area contributed by atoms with Crippen LogP contribution >= 0.6 is 0 Å². The van der Waals surface area contributed by atoms with Gasteiger partial charge in [-0.2, -0.15) is 0 Å². The minimum Gasteiger partial charge on any atom is -0.466 e. The van der Waals surface area contributed by atoms with E-state index in [2.05, 4.69) is 49.5 Å². The van der Waals surface area contributed by atoms with Crippen molar-refractivity contribution >= 4 is 19.2 Å². The van der Waals surface area contributed by atoms with Gasteiger partial charge in [0, 0.05) is 0 Å². The number of carbonyl (C=O) groups is 1. The molecule has 116 valence electrons. The summed E-state index contributed by atoms with van der Waals surface area (Å²) in [4.78, 5) is 12.1. The van der Waals surface area contributed by atoms with Crippen LogP contribution in [-0.2, 0) is 9.53 Å². The van der Waals surface area contributed by atoms with E-state index in [9.17, 15) is 4.79 Å². The smallest absolute Gasteiger partial charge is 0.306 e. The van der Waals surface area contributed by atoms with E-state index in [1.165, 1.54) is 10.8 Å². The van der Waals surface area contributed by atoms with Crippen molar-refractivity contribution in [2.24, 2.45) is 0 Å². The third-order valence-electron chi connectivity index (χ3n) is 4.27. The molecule has 0 amide bonds. The summed E-state index contributed by atoms with van der Waals surface area (Å²) in [7, 11) is -1.84. The second kappa shape index (κ2) is 7.41. The van der Waals surface area contributed by atoms with Crippen LogP contribution in [0, 0.1) is 0 Å². The molecular formula is C19H24O2Si. The van der Waals surface area contributed by atoms with Crippen molar-refractivity contribution in [3.05, 3.63) is 66.2 Å². The van der Waals surface area contributed by atoms with Gasteiger partial charge in [-0.05, 0) is 18.0 Å². The van der Waals surface area contributed by atoms with Gasteiger partial charge in [0.05, 0.1) is 21.1 Å². The molecule has 0 aliphatic rings. The Labute approximate surface area is 134 Å². The highest BCUT2D eigenvalue weighted by Gasteiger charge is 2.36. The minimum absolute atomic E-state index is 0.104. The number of benzene rings is 2. The molecule has 1 atom stereocenters. The molecule has 0 bridgehead atoms. The van der Waals surface area contributed by atoms with E-state index >= 15 is 0 Å². The zero-order chi connectivity index (χ0) is 16.0. The van der Waals surface area contributed by atoms with Gasteiger partial charge in [0.25, 0.3) is 0 Å². The number of hydrogen-bond donors (Lipinski definition) is 0. The van der Waals surface area contributed by atoms with E-state index in [0.29, 0.717) is 13.0 Å². The average molecular weight is 312 g/mol. The predicted molar refractivity (Wildman–Crippen MR) is 94.0 cm³/mol. The Balaban J connectivity index is 2.37. The van der Waals surface area contributed by atoms with Gasteiger partial charge >= 0.3 is 5.97 Å². The first-order valence-corrected chi connectivity index (χ1v) is 10.9. The van der Waals surface area contributed by atoms with Crippen molar-refractivity contribution in [2.75, 3.05) is 6.61 Å². The third-order valence-corrected chi connectivity index (χ3v) is 8.37.